The van der Waals surface area contributed by atoms with E-state index in [0.717, 1.165) is 70.6 Å². The number of allylic oxidation sites excluding steroid dienone is 6. The highest BCUT2D eigenvalue weighted by Gasteiger charge is 2.26. The molecule has 55 heavy (non-hydrogen) atoms. The number of phosphoric ester groups is 1. The quantitative estimate of drug-likeness (QED) is 0.0280. The number of hydrogen-bond donors (Lipinski definition) is 1. The van der Waals surface area contributed by atoms with E-state index in [1.807, 2.05) is 19.0 Å². The van der Waals surface area contributed by atoms with Gasteiger partial charge in [0.05, 0.1) is 13.2 Å². The van der Waals surface area contributed by atoms with Crippen molar-refractivity contribution in [3.63, 3.8) is 0 Å². The van der Waals surface area contributed by atoms with Crippen molar-refractivity contribution in [1.29, 1.82) is 0 Å². The van der Waals surface area contributed by atoms with Gasteiger partial charge >= 0.3 is 19.8 Å². The summed E-state index contributed by atoms with van der Waals surface area (Å²) in [4.78, 5) is 37.0. The number of rotatable bonds is 41. The van der Waals surface area contributed by atoms with Gasteiger partial charge in [-0.3, -0.25) is 18.6 Å². The highest BCUT2D eigenvalue weighted by molar-refractivity contribution is 7.47. The van der Waals surface area contributed by atoms with Crippen LogP contribution < -0.4 is 0 Å². The fourth-order valence-corrected chi connectivity index (χ4v) is 6.69. The molecule has 2 atom stereocenters. The smallest absolute Gasteiger partial charge is 0.462 e. The van der Waals surface area contributed by atoms with Gasteiger partial charge in [0.2, 0.25) is 0 Å². The Labute approximate surface area is 338 Å². The molecule has 10 heteroatoms. The van der Waals surface area contributed by atoms with Crippen molar-refractivity contribution in [2.45, 2.75) is 200 Å². The summed E-state index contributed by atoms with van der Waals surface area (Å²) in [5, 5.41) is 0. The van der Waals surface area contributed by atoms with Crippen LogP contribution in [-0.2, 0) is 32.7 Å². The van der Waals surface area contributed by atoms with Gasteiger partial charge in [-0.05, 0) is 84.7 Å². The Hall–Kier alpha value is -1.77. The number of carbonyl (C=O) groups excluding carboxylic acids is 2. The Kier molecular flexibility index (Phi) is 39.1. The van der Waals surface area contributed by atoms with E-state index < -0.39 is 26.5 Å². The molecular weight excluding hydrogens is 713 g/mol. The highest BCUT2D eigenvalue weighted by atomic mass is 31.2. The second-order valence-corrected chi connectivity index (χ2v) is 16.7. The summed E-state index contributed by atoms with van der Waals surface area (Å²) in [5.74, 6) is -0.819. The predicted octanol–water partition coefficient (Wildman–Crippen LogP) is 12.8. The van der Waals surface area contributed by atoms with E-state index in [1.54, 1.807) is 0 Å². The lowest BCUT2D eigenvalue weighted by Gasteiger charge is -2.20. The predicted molar refractivity (Wildman–Crippen MR) is 229 cm³/mol. The zero-order valence-corrected chi connectivity index (χ0v) is 36.8. The topological polar surface area (TPSA) is 112 Å². The Morgan fingerprint density at radius 2 is 0.982 bits per heavy atom. The summed E-state index contributed by atoms with van der Waals surface area (Å²) in [6.07, 6.45) is 43.2. The Balaban J connectivity index is 4.30. The zero-order chi connectivity index (χ0) is 40.5. The van der Waals surface area contributed by atoms with Crippen LogP contribution in [-0.4, -0.2) is 68.3 Å². The fourth-order valence-electron chi connectivity index (χ4n) is 5.95. The van der Waals surface area contributed by atoms with Gasteiger partial charge < -0.3 is 19.3 Å². The van der Waals surface area contributed by atoms with Crippen molar-refractivity contribution < 1.29 is 37.6 Å². The molecule has 0 saturated carbocycles. The number of carbonyl (C=O) groups is 2. The number of ether oxygens (including phenoxy) is 2. The summed E-state index contributed by atoms with van der Waals surface area (Å²) in [5.41, 5.74) is 0. The van der Waals surface area contributed by atoms with Crippen LogP contribution in [0.15, 0.2) is 36.5 Å². The largest absolute Gasteiger partial charge is 0.472 e. The van der Waals surface area contributed by atoms with Crippen molar-refractivity contribution in [1.82, 2.24) is 4.90 Å². The Morgan fingerprint density at radius 3 is 1.49 bits per heavy atom. The van der Waals surface area contributed by atoms with Crippen LogP contribution >= 0.6 is 7.82 Å². The van der Waals surface area contributed by atoms with E-state index in [-0.39, 0.29) is 32.0 Å². The van der Waals surface area contributed by atoms with E-state index in [0.29, 0.717) is 13.0 Å². The molecule has 0 radical (unpaired) electrons. The van der Waals surface area contributed by atoms with Crippen LogP contribution in [0.5, 0.6) is 0 Å². The third-order valence-electron chi connectivity index (χ3n) is 9.42. The van der Waals surface area contributed by atoms with Crippen LogP contribution in [0.25, 0.3) is 0 Å². The summed E-state index contributed by atoms with van der Waals surface area (Å²) >= 11 is 0. The van der Waals surface area contributed by atoms with Gasteiger partial charge in [0.1, 0.15) is 6.61 Å². The third kappa shape index (κ3) is 41.7. The standard InChI is InChI=1S/C45H84NO8P/c1-5-7-9-11-13-15-17-19-21-22-24-26-28-30-32-34-36-38-45(48)54-43(42-53-55(49,50)52-40-39-46(3)4)41-51-44(47)37-35-33-31-29-27-25-23-20-18-16-14-12-10-8-6-2/h13,15,19-21,23,43H,5-12,14,16-18,22,24-42H2,1-4H3,(H,49,50)/b15-13-,21-19-,23-20-. The molecular formula is C45H84NO8P. The lowest BCUT2D eigenvalue weighted by atomic mass is 10.1. The third-order valence-corrected chi connectivity index (χ3v) is 10.4. The van der Waals surface area contributed by atoms with Gasteiger partial charge in [0, 0.05) is 19.4 Å². The number of likely N-dealkylation sites (N-methyl/N-ethyl adjacent to an activating group) is 1. The fraction of sp³-hybridized carbons (Fsp3) is 0.822. The number of phosphoric acid groups is 1. The summed E-state index contributed by atoms with van der Waals surface area (Å²) in [6, 6.07) is 0. The van der Waals surface area contributed by atoms with Crippen molar-refractivity contribution in [3.8, 4) is 0 Å². The van der Waals surface area contributed by atoms with Gasteiger partial charge in [-0.25, -0.2) is 4.57 Å². The van der Waals surface area contributed by atoms with Gasteiger partial charge in [-0.2, -0.15) is 0 Å². The van der Waals surface area contributed by atoms with E-state index >= 15 is 0 Å². The number of nitrogens with zero attached hydrogens (tertiary/aromatic N) is 1. The molecule has 1 N–H and O–H groups in total. The van der Waals surface area contributed by atoms with Crippen molar-refractivity contribution >= 4 is 19.8 Å². The van der Waals surface area contributed by atoms with Crippen LogP contribution in [0.3, 0.4) is 0 Å². The van der Waals surface area contributed by atoms with Gasteiger partial charge in [-0.1, -0.05) is 147 Å². The lowest BCUT2D eigenvalue weighted by molar-refractivity contribution is -0.161. The molecule has 0 heterocycles. The van der Waals surface area contributed by atoms with E-state index in [4.69, 9.17) is 18.5 Å². The molecule has 0 aromatic carbocycles. The Bertz CT molecular complexity index is 1010. The van der Waals surface area contributed by atoms with E-state index in [1.165, 1.54) is 89.9 Å². The minimum atomic E-state index is -4.36. The van der Waals surface area contributed by atoms with Crippen LogP contribution in [0.4, 0.5) is 0 Å². The van der Waals surface area contributed by atoms with Crippen LogP contribution in [0.1, 0.15) is 194 Å². The SMILES string of the molecule is CCCCC/C=C\C/C=C\CCCCCCCCCC(=O)OC(COC(=O)CCCCCCC/C=C\CCCCCCCC)COP(=O)(O)OCCN(C)C. The first-order valence-electron chi connectivity index (χ1n) is 22.3. The Morgan fingerprint density at radius 1 is 0.564 bits per heavy atom. The molecule has 0 spiro atoms. The van der Waals surface area contributed by atoms with Crippen molar-refractivity contribution in [3.05, 3.63) is 36.5 Å². The molecule has 0 aliphatic rings. The number of hydrogen-bond acceptors (Lipinski definition) is 8. The maximum Gasteiger partial charge on any atom is 0.472 e. The second-order valence-electron chi connectivity index (χ2n) is 15.2. The van der Waals surface area contributed by atoms with Gasteiger partial charge in [0.25, 0.3) is 0 Å². The van der Waals surface area contributed by atoms with Gasteiger partial charge in [0.15, 0.2) is 6.10 Å². The molecule has 0 aromatic rings. The van der Waals surface area contributed by atoms with E-state index in [2.05, 4.69) is 50.3 Å². The number of unbranched alkanes of at least 4 members (excludes halogenated alkanes) is 21. The summed E-state index contributed by atoms with van der Waals surface area (Å²) < 4.78 is 33.5. The molecule has 0 aliphatic carbocycles. The van der Waals surface area contributed by atoms with Crippen LogP contribution in [0, 0.1) is 0 Å². The molecule has 0 aromatic heterocycles. The van der Waals surface area contributed by atoms with Crippen molar-refractivity contribution in [2.75, 3.05) is 40.5 Å². The molecule has 322 valence electrons. The normalized spacial score (nSPS) is 13.7. The molecule has 2 unspecified atom stereocenters. The zero-order valence-electron chi connectivity index (χ0n) is 35.9. The maximum atomic E-state index is 12.7. The molecule has 0 bridgehead atoms. The second kappa shape index (κ2) is 40.4. The summed E-state index contributed by atoms with van der Waals surface area (Å²) in [7, 11) is -0.719. The molecule has 0 saturated heterocycles. The molecule has 0 rings (SSSR count). The number of esters is 2. The minimum Gasteiger partial charge on any atom is -0.462 e. The molecule has 0 fully saturated rings. The van der Waals surface area contributed by atoms with Gasteiger partial charge in [-0.15, -0.1) is 0 Å². The molecule has 9 nitrogen and oxygen atoms in total. The van der Waals surface area contributed by atoms with Crippen LogP contribution in [0.2, 0.25) is 0 Å². The first-order valence-corrected chi connectivity index (χ1v) is 23.8. The van der Waals surface area contributed by atoms with Crippen molar-refractivity contribution in [2.24, 2.45) is 0 Å². The lowest BCUT2D eigenvalue weighted by Crippen LogP contribution is -2.29. The molecule has 0 amide bonds. The maximum absolute atomic E-state index is 12.7. The highest BCUT2D eigenvalue weighted by Crippen LogP contribution is 2.43. The van der Waals surface area contributed by atoms with E-state index in [9.17, 15) is 19.0 Å². The monoisotopic (exact) mass is 798 g/mol. The molecule has 0 aliphatic heterocycles. The first-order chi connectivity index (χ1) is 26.7. The average Bonchev–Trinajstić information content (AvgIpc) is 3.15. The minimum absolute atomic E-state index is 0.00431. The first kappa shape index (κ1) is 53.2. The average molecular weight is 798 g/mol. The summed E-state index contributed by atoms with van der Waals surface area (Å²) in [6.45, 7) is 4.28.